The van der Waals surface area contributed by atoms with E-state index >= 15 is 0 Å². The molecule has 1 aliphatic heterocycles. The Morgan fingerprint density at radius 3 is 2.63 bits per heavy atom. The highest BCUT2D eigenvalue weighted by atomic mass is 32.2. The number of rotatable bonds is 5. The fourth-order valence-corrected chi connectivity index (χ4v) is 4.94. The van der Waals surface area contributed by atoms with Crippen molar-refractivity contribution in [3.05, 3.63) is 59.2 Å². The number of carbonyl (C=O) groups is 1. The van der Waals surface area contributed by atoms with Crippen LogP contribution in [0.25, 0.3) is 0 Å². The van der Waals surface area contributed by atoms with Crippen LogP contribution in [0, 0.1) is 6.92 Å². The number of carboxylic acids is 1. The first kappa shape index (κ1) is 19.4. The van der Waals surface area contributed by atoms with Crippen molar-refractivity contribution in [3.63, 3.8) is 0 Å². The summed E-state index contributed by atoms with van der Waals surface area (Å²) in [4.78, 5) is 13.1. The summed E-state index contributed by atoms with van der Waals surface area (Å²) in [5, 5.41) is 8.89. The summed E-state index contributed by atoms with van der Waals surface area (Å²) in [6.45, 7) is 3.22. The predicted molar refractivity (Wildman–Crippen MR) is 104 cm³/mol. The minimum absolute atomic E-state index is 0.0582. The molecule has 27 heavy (non-hydrogen) atoms. The quantitative estimate of drug-likeness (QED) is 0.852. The van der Waals surface area contributed by atoms with Gasteiger partial charge in [-0.05, 0) is 42.2 Å². The highest BCUT2D eigenvalue weighted by Crippen LogP contribution is 2.31. The minimum Gasteiger partial charge on any atom is -0.481 e. The number of carboxylic acid groups (broad SMARTS) is 1. The molecule has 0 aromatic heterocycles. The zero-order chi connectivity index (χ0) is 19.6. The number of sulfonamides is 1. The third-order valence-corrected chi connectivity index (χ3v) is 6.86. The molecule has 0 fully saturated rings. The number of nitrogens with zero attached hydrogens (tertiary/aromatic N) is 2. The van der Waals surface area contributed by atoms with Gasteiger partial charge in [0.25, 0.3) is 0 Å². The summed E-state index contributed by atoms with van der Waals surface area (Å²) in [6, 6.07) is 12.8. The summed E-state index contributed by atoms with van der Waals surface area (Å²) in [5.74, 6) is -0.841. The van der Waals surface area contributed by atoms with Gasteiger partial charge in [0, 0.05) is 33.1 Å². The molecule has 2 aromatic carbocycles. The van der Waals surface area contributed by atoms with Gasteiger partial charge >= 0.3 is 5.97 Å². The van der Waals surface area contributed by atoms with Crippen molar-refractivity contribution >= 4 is 21.7 Å². The second-order valence-corrected chi connectivity index (χ2v) is 8.79. The molecule has 1 heterocycles. The molecule has 6 nitrogen and oxygen atoms in total. The smallest absolute Gasteiger partial charge is 0.303 e. The molecule has 1 aliphatic rings. The monoisotopic (exact) mass is 388 g/mol. The number of aryl methyl sites for hydroxylation is 2. The van der Waals surface area contributed by atoms with Gasteiger partial charge in [-0.1, -0.05) is 30.3 Å². The van der Waals surface area contributed by atoms with Crippen LogP contribution in [-0.4, -0.2) is 43.9 Å². The van der Waals surface area contributed by atoms with Crippen molar-refractivity contribution in [1.82, 2.24) is 4.31 Å². The molecule has 0 amide bonds. The minimum atomic E-state index is -3.61. The van der Waals surface area contributed by atoms with Crippen molar-refractivity contribution in [1.29, 1.82) is 0 Å². The molecule has 0 atom stereocenters. The zero-order valence-corrected chi connectivity index (χ0v) is 16.4. The Hall–Kier alpha value is -2.38. The number of hydrogen-bond acceptors (Lipinski definition) is 4. The molecule has 0 unspecified atom stereocenters. The van der Waals surface area contributed by atoms with Crippen molar-refractivity contribution in [2.45, 2.75) is 31.2 Å². The van der Waals surface area contributed by atoms with Crippen LogP contribution in [0.5, 0.6) is 0 Å². The fraction of sp³-hybridized carbons (Fsp3) is 0.350. The van der Waals surface area contributed by atoms with Crippen molar-refractivity contribution in [3.8, 4) is 0 Å². The summed E-state index contributed by atoms with van der Waals surface area (Å²) < 4.78 is 27.9. The van der Waals surface area contributed by atoms with E-state index in [0.717, 1.165) is 16.7 Å². The number of anilines is 1. The van der Waals surface area contributed by atoms with E-state index in [2.05, 4.69) is 0 Å². The Bertz CT molecular complexity index is 956. The number of benzene rings is 2. The van der Waals surface area contributed by atoms with E-state index in [0.29, 0.717) is 30.1 Å². The van der Waals surface area contributed by atoms with Crippen LogP contribution in [0.4, 0.5) is 5.69 Å². The first-order chi connectivity index (χ1) is 12.8. The van der Waals surface area contributed by atoms with Crippen molar-refractivity contribution in [2.75, 3.05) is 25.0 Å². The molecule has 0 spiro atoms. The van der Waals surface area contributed by atoms with E-state index < -0.39 is 16.0 Å². The zero-order valence-electron chi connectivity index (χ0n) is 15.6. The highest BCUT2D eigenvalue weighted by molar-refractivity contribution is 7.89. The lowest BCUT2D eigenvalue weighted by atomic mass is 10.0. The lowest BCUT2D eigenvalue weighted by Gasteiger charge is -2.21. The number of fused-ring (bicyclic) bond motifs is 1. The topological polar surface area (TPSA) is 77.9 Å². The van der Waals surface area contributed by atoms with Gasteiger partial charge in [-0.2, -0.15) is 4.31 Å². The molecular formula is C20H24N2O4S. The third-order valence-electron chi connectivity index (χ3n) is 4.97. The van der Waals surface area contributed by atoms with E-state index in [9.17, 15) is 13.2 Å². The van der Waals surface area contributed by atoms with Crippen molar-refractivity contribution in [2.24, 2.45) is 0 Å². The van der Waals surface area contributed by atoms with Crippen LogP contribution >= 0.6 is 0 Å². The average molecular weight is 388 g/mol. The van der Waals surface area contributed by atoms with Crippen LogP contribution in [0.1, 0.15) is 23.1 Å². The Morgan fingerprint density at radius 1 is 1.15 bits per heavy atom. The van der Waals surface area contributed by atoms with Gasteiger partial charge in [0.05, 0.1) is 5.69 Å². The Morgan fingerprint density at radius 2 is 1.89 bits per heavy atom. The van der Waals surface area contributed by atoms with Gasteiger partial charge in [0.1, 0.15) is 4.90 Å². The van der Waals surface area contributed by atoms with Crippen LogP contribution in [0.3, 0.4) is 0 Å². The van der Waals surface area contributed by atoms with Crippen LogP contribution in [0.15, 0.2) is 47.4 Å². The maximum atomic E-state index is 13.2. The molecule has 2 aromatic rings. The Kier molecular flexibility index (Phi) is 5.53. The Balaban J connectivity index is 1.91. The van der Waals surface area contributed by atoms with E-state index in [1.54, 1.807) is 12.1 Å². The summed E-state index contributed by atoms with van der Waals surface area (Å²) in [5.41, 5.74) is 3.52. The average Bonchev–Trinajstić information content (AvgIpc) is 2.73. The van der Waals surface area contributed by atoms with E-state index in [1.807, 2.05) is 49.2 Å². The van der Waals surface area contributed by atoms with Crippen molar-refractivity contribution < 1.29 is 18.3 Å². The van der Waals surface area contributed by atoms with E-state index in [1.165, 1.54) is 4.31 Å². The summed E-state index contributed by atoms with van der Waals surface area (Å²) in [6.07, 6.45) is 0.490. The normalized spacial score (nSPS) is 16.6. The van der Waals surface area contributed by atoms with E-state index in [-0.39, 0.29) is 13.0 Å². The fourth-order valence-electron chi connectivity index (χ4n) is 3.29. The molecule has 0 saturated heterocycles. The van der Waals surface area contributed by atoms with Crippen LogP contribution < -0.4 is 4.90 Å². The lowest BCUT2D eigenvalue weighted by Crippen LogP contribution is -2.33. The number of aliphatic carboxylic acids is 1. The molecule has 1 N–H and O–H groups in total. The molecule has 3 rings (SSSR count). The summed E-state index contributed by atoms with van der Waals surface area (Å²) >= 11 is 0. The first-order valence-corrected chi connectivity index (χ1v) is 10.3. The summed E-state index contributed by atoms with van der Waals surface area (Å²) in [7, 11) is -1.71. The molecular weight excluding hydrogens is 364 g/mol. The van der Waals surface area contributed by atoms with Crippen LogP contribution in [-0.2, 0) is 27.8 Å². The van der Waals surface area contributed by atoms with Gasteiger partial charge in [-0.3, -0.25) is 4.79 Å². The molecule has 0 bridgehead atoms. The standard InChI is InChI=1S/C20H24N2O4S/c1-15-7-8-16(9-10-20(23)24)13-17(15)14-22-12-11-21(2)18-5-3-4-6-19(18)27(22,25)26/h3-8,13H,9-12,14H2,1-2H3,(H,23,24). The lowest BCUT2D eigenvalue weighted by molar-refractivity contribution is -0.136. The van der Waals surface area contributed by atoms with Gasteiger partial charge in [-0.15, -0.1) is 0 Å². The second kappa shape index (κ2) is 7.70. The largest absolute Gasteiger partial charge is 0.481 e. The molecule has 144 valence electrons. The highest BCUT2D eigenvalue weighted by Gasteiger charge is 2.31. The maximum Gasteiger partial charge on any atom is 0.303 e. The predicted octanol–water partition coefficient (Wildman–Crippen LogP) is 2.65. The number of para-hydroxylation sites is 1. The second-order valence-electron chi connectivity index (χ2n) is 6.88. The van der Waals surface area contributed by atoms with Crippen LogP contribution in [0.2, 0.25) is 0 Å². The van der Waals surface area contributed by atoms with E-state index in [4.69, 9.17) is 5.11 Å². The molecule has 0 radical (unpaired) electrons. The molecule has 0 aliphatic carbocycles. The molecule has 7 heteroatoms. The number of hydrogen-bond donors (Lipinski definition) is 1. The first-order valence-electron chi connectivity index (χ1n) is 8.89. The molecule has 0 saturated carbocycles. The van der Waals surface area contributed by atoms with Gasteiger partial charge in [0.15, 0.2) is 0 Å². The third kappa shape index (κ3) is 4.14. The SMILES string of the molecule is Cc1ccc(CCC(=O)O)cc1CN1CCN(C)c2ccccc2S1(=O)=O. The maximum absolute atomic E-state index is 13.2. The Labute approximate surface area is 160 Å². The van der Waals surface area contributed by atoms with Gasteiger partial charge in [0.2, 0.25) is 10.0 Å². The van der Waals surface area contributed by atoms with Gasteiger partial charge in [-0.25, -0.2) is 8.42 Å². The number of likely N-dealkylation sites (N-methyl/N-ethyl adjacent to an activating group) is 1. The van der Waals surface area contributed by atoms with Gasteiger partial charge < -0.3 is 10.0 Å².